The van der Waals surface area contributed by atoms with Gasteiger partial charge in [0.2, 0.25) is 0 Å². The molecular weight excluding hydrogens is 220 g/mol. The van der Waals surface area contributed by atoms with E-state index >= 15 is 0 Å². The lowest BCUT2D eigenvalue weighted by atomic mass is 9.76. The Balaban J connectivity index is 1.96. The first-order chi connectivity index (χ1) is 8.79. The van der Waals surface area contributed by atoms with Gasteiger partial charge in [0.15, 0.2) is 0 Å². The minimum Gasteiger partial charge on any atom is -0.373 e. The highest BCUT2D eigenvalue weighted by Gasteiger charge is 2.43. The summed E-state index contributed by atoms with van der Waals surface area (Å²) in [7, 11) is 0. The third-order valence-electron chi connectivity index (χ3n) is 4.37. The first-order valence-corrected chi connectivity index (χ1v) is 6.60. The Bertz CT molecular complexity index is 565. The van der Waals surface area contributed by atoms with Gasteiger partial charge >= 0.3 is 0 Å². The molecule has 0 aromatic heterocycles. The zero-order valence-corrected chi connectivity index (χ0v) is 10.5. The molecule has 1 heterocycles. The predicted octanol–water partition coefficient (Wildman–Crippen LogP) is 3.76. The molecule has 1 heteroatoms. The molecule has 2 aliphatic rings. The predicted molar refractivity (Wildman–Crippen MR) is 72.7 cm³/mol. The summed E-state index contributed by atoms with van der Waals surface area (Å²) in [5.41, 5.74) is 5.84. The molecule has 0 amide bonds. The van der Waals surface area contributed by atoms with Crippen LogP contribution in [0.3, 0.4) is 0 Å². The van der Waals surface area contributed by atoms with E-state index in [1.807, 2.05) is 0 Å². The van der Waals surface area contributed by atoms with Crippen LogP contribution in [0.2, 0.25) is 0 Å². The van der Waals surface area contributed by atoms with Gasteiger partial charge in [-0.3, -0.25) is 0 Å². The van der Waals surface area contributed by atoms with E-state index in [1.165, 1.54) is 22.3 Å². The summed E-state index contributed by atoms with van der Waals surface area (Å²) in [6.07, 6.45) is 1.55. The third kappa shape index (κ3) is 1.31. The lowest BCUT2D eigenvalue weighted by molar-refractivity contribution is 0.359. The van der Waals surface area contributed by atoms with E-state index in [0.717, 1.165) is 13.0 Å². The molecule has 0 bridgehead atoms. The molecule has 2 aromatic rings. The van der Waals surface area contributed by atoms with E-state index < -0.39 is 0 Å². The Morgan fingerprint density at radius 2 is 1.50 bits per heavy atom. The SMILES string of the molecule is CC1(C[C@H]2CO2)c2ccccc2-c2ccccc21. The average Bonchev–Trinajstić information content (AvgIpc) is 3.18. The summed E-state index contributed by atoms with van der Waals surface area (Å²) >= 11 is 0. The monoisotopic (exact) mass is 236 g/mol. The van der Waals surface area contributed by atoms with Crippen LogP contribution in [-0.2, 0) is 10.2 Å². The van der Waals surface area contributed by atoms with Crippen LogP contribution in [0.5, 0.6) is 0 Å². The fourth-order valence-electron chi connectivity index (χ4n) is 3.40. The van der Waals surface area contributed by atoms with Crippen molar-refractivity contribution >= 4 is 0 Å². The van der Waals surface area contributed by atoms with Crippen LogP contribution in [0.1, 0.15) is 24.5 Å². The van der Waals surface area contributed by atoms with Gasteiger partial charge in [0, 0.05) is 5.41 Å². The number of benzene rings is 2. The molecule has 1 aliphatic carbocycles. The maximum Gasteiger partial charge on any atom is 0.0821 e. The highest BCUT2D eigenvalue weighted by atomic mass is 16.6. The van der Waals surface area contributed by atoms with Crippen LogP contribution in [0, 0.1) is 0 Å². The molecule has 4 rings (SSSR count). The summed E-state index contributed by atoms with van der Waals surface area (Å²) < 4.78 is 5.47. The van der Waals surface area contributed by atoms with Crippen LogP contribution in [-0.4, -0.2) is 12.7 Å². The van der Waals surface area contributed by atoms with Gasteiger partial charge in [-0.15, -0.1) is 0 Å². The fraction of sp³-hybridized carbons (Fsp3) is 0.294. The molecule has 1 fully saturated rings. The molecule has 0 saturated carbocycles. The number of rotatable bonds is 2. The quantitative estimate of drug-likeness (QED) is 0.723. The van der Waals surface area contributed by atoms with Crippen LogP contribution in [0.15, 0.2) is 48.5 Å². The summed E-state index contributed by atoms with van der Waals surface area (Å²) in [5, 5.41) is 0. The van der Waals surface area contributed by atoms with Gasteiger partial charge in [0.05, 0.1) is 12.7 Å². The van der Waals surface area contributed by atoms with Crippen LogP contribution >= 0.6 is 0 Å². The Morgan fingerprint density at radius 3 is 2.00 bits per heavy atom. The molecule has 0 radical (unpaired) electrons. The molecule has 90 valence electrons. The second kappa shape index (κ2) is 3.46. The van der Waals surface area contributed by atoms with E-state index in [9.17, 15) is 0 Å². The van der Waals surface area contributed by atoms with Crippen molar-refractivity contribution in [2.75, 3.05) is 6.61 Å². The van der Waals surface area contributed by atoms with Crippen molar-refractivity contribution in [2.24, 2.45) is 0 Å². The average molecular weight is 236 g/mol. The highest BCUT2D eigenvalue weighted by Crippen LogP contribution is 2.51. The van der Waals surface area contributed by atoms with Gasteiger partial charge in [0.25, 0.3) is 0 Å². The van der Waals surface area contributed by atoms with Crippen LogP contribution < -0.4 is 0 Å². The Kier molecular flexibility index (Phi) is 1.98. The lowest BCUT2D eigenvalue weighted by Gasteiger charge is -2.26. The maximum absolute atomic E-state index is 5.47. The largest absolute Gasteiger partial charge is 0.373 e. The maximum atomic E-state index is 5.47. The van der Waals surface area contributed by atoms with Gasteiger partial charge in [-0.05, 0) is 28.7 Å². The fourth-order valence-corrected chi connectivity index (χ4v) is 3.40. The minimum absolute atomic E-state index is 0.119. The Morgan fingerprint density at radius 1 is 1.00 bits per heavy atom. The molecule has 2 aromatic carbocycles. The number of fused-ring (bicyclic) bond motifs is 3. The summed E-state index contributed by atoms with van der Waals surface area (Å²) in [6, 6.07) is 17.6. The number of hydrogen-bond donors (Lipinski definition) is 0. The first kappa shape index (κ1) is 10.3. The topological polar surface area (TPSA) is 12.5 Å². The number of ether oxygens (including phenoxy) is 1. The summed E-state index contributed by atoms with van der Waals surface area (Å²) in [5.74, 6) is 0. The minimum atomic E-state index is 0.119. The van der Waals surface area contributed by atoms with Gasteiger partial charge in [-0.25, -0.2) is 0 Å². The third-order valence-corrected chi connectivity index (χ3v) is 4.37. The number of epoxide rings is 1. The second-order valence-electron chi connectivity index (χ2n) is 5.58. The van der Waals surface area contributed by atoms with E-state index in [0.29, 0.717) is 6.10 Å². The van der Waals surface area contributed by atoms with E-state index in [4.69, 9.17) is 4.74 Å². The molecule has 1 aliphatic heterocycles. The van der Waals surface area contributed by atoms with Crippen LogP contribution in [0.4, 0.5) is 0 Å². The van der Waals surface area contributed by atoms with Gasteiger partial charge < -0.3 is 4.74 Å². The number of hydrogen-bond acceptors (Lipinski definition) is 1. The van der Waals surface area contributed by atoms with E-state index in [1.54, 1.807) is 0 Å². The van der Waals surface area contributed by atoms with Crippen molar-refractivity contribution in [3.63, 3.8) is 0 Å². The van der Waals surface area contributed by atoms with Gasteiger partial charge in [-0.2, -0.15) is 0 Å². The molecule has 1 saturated heterocycles. The molecule has 1 atom stereocenters. The van der Waals surface area contributed by atoms with Crippen LogP contribution in [0.25, 0.3) is 11.1 Å². The standard InChI is InChI=1S/C17H16O/c1-17(10-12-11-18-12)15-8-4-2-6-13(15)14-7-3-5-9-16(14)17/h2-9,12H,10-11H2,1H3/t12-/m0/s1. The van der Waals surface area contributed by atoms with Crippen molar-refractivity contribution in [3.8, 4) is 11.1 Å². The van der Waals surface area contributed by atoms with Crippen molar-refractivity contribution in [1.29, 1.82) is 0 Å². The molecule has 1 nitrogen and oxygen atoms in total. The molecule has 0 N–H and O–H groups in total. The normalized spacial score (nSPS) is 22.4. The summed E-state index contributed by atoms with van der Waals surface area (Å²) in [4.78, 5) is 0. The summed E-state index contributed by atoms with van der Waals surface area (Å²) in [6.45, 7) is 3.29. The van der Waals surface area contributed by atoms with E-state index in [2.05, 4.69) is 55.5 Å². The van der Waals surface area contributed by atoms with Crippen molar-refractivity contribution < 1.29 is 4.74 Å². The highest BCUT2D eigenvalue weighted by molar-refractivity contribution is 5.80. The smallest absolute Gasteiger partial charge is 0.0821 e. The van der Waals surface area contributed by atoms with E-state index in [-0.39, 0.29) is 5.41 Å². The molecule has 0 spiro atoms. The Labute approximate surface area is 107 Å². The van der Waals surface area contributed by atoms with Crippen molar-refractivity contribution in [3.05, 3.63) is 59.7 Å². The van der Waals surface area contributed by atoms with Crippen molar-refractivity contribution in [2.45, 2.75) is 24.9 Å². The molecule has 18 heavy (non-hydrogen) atoms. The second-order valence-corrected chi connectivity index (χ2v) is 5.58. The Hall–Kier alpha value is -1.60. The van der Waals surface area contributed by atoms with Gasteiger partial charge in [-0.1, -0.05) is 55.5 Å². The molecule has 0 unspecified atom stereocenters. The zero-order chi connectivity index (χ0) is 12.2. The van der Waals surface area contributed by atoms with Crippen molar-refractivity contribution in [1.82, 2.24) is 0 Å². The lowest BCUT2D eigenvalue weighted by Crippen LogP contribution is -2.22. The van der Waals surface area contributed by atoms with Gasteiger partial charge in [0.1, 0.15) is 0 Å². The zero-order valence-electron chi connectivity index (χ0n) is 10.5. The molecular formula is C17H16O. The first-order valence-electron chi connectivity index (χ1n) is 6.60.